The first-order valence-corrected chi connectivity index (χ1v) is 10.3. The summed E-state index contributed by atoms with van der Waals surface area (Å²) in [4.78, 5) is 41.4. The Bertz CT molecular complexity index is 767. The second-order valence-electron chi connectivity index (χ2n) is 8.15. The molecule has 0 aromatic heterocycles. The van der Waals surface area contributed by atoms with Gasteiger partial charge in [-0.15, -0.1) is 0 Å². The molecule has 144 valence electrons. The molecule has 2 bridgehead atoms. The van der Waals surface area contributed by atoms with E-state index in [1.165, 1.54) is 44.6 Å². The maximum absolute atomic E-state index is 13.1. The van der Waals surface area contributed by atoms with Crippen LogP contribution in [0.25, 0.3) is 0 Å². The van der Waals surface area contributed by atoms with Crippen molar-refractivity contribution >= 4 is 23.3 Å². The molecule has 2 heterocycles. The first kappa shape index (κ1) is 18.2. The number of Topliss-reactive ketones (excluding diaryl/α,β-unsaturated/α-hetero) is 1. The van der Waals surface area contributed by atoms with Crippen molar-refractivity contribution in [3.05, 3.63) is 29.3 Å². The van der Waals surface area contributed by atoms with Crippen LogP contribution in [0.4, 0.5) is 5.69 Å². The molecule has 1 saturated carbocycles. The van der Waals surface area contributed by atoms with Crippen molar-refractivity contribution in [1.82, 2.24) is 4.90 Å². The topological polar surface area (TPSA) is 57.7 Å². The lowest BCUT2D eigenvalue weighted by molar-refractivity contribution is -0.140. The SMILES string of the molecule is CC(=O)N1CCN2C(=O)[C@H]1CCCC(=O)c1cc(C3CCCCC3)ccc12. The average molecular weight is 368 g/mol. The van der Waals surface area contributed by atoms with Gasteiger partial charge in [0.25, 0.3) is 0 Å². The van der Waals surface area contributed by atoms with E-state index in [1.54, 1.807) is 9.80 Å². The standard InChI is InChI=1S/C22H28N2O3/c1-15(25)23-12-13-24-19-11-10-17(16-6-3-2-4-7-16)14-18(19)21(26)9-5-8-20(23)22(24)27/h10-11,14,16,20H,2-9,12-13H2,1H3/t20-/m1/s1. The van der Waals surface area contributed by atoms with E-state index in [2.05, 4.69) is 12.1 Å². The monoisotopic (exact) mass is 368 g/mol. The highest BCUT2D eigenvalue weighted by Crippen LogP contribution is 2.36. The number of carbonyl (C=O) groups excluding carboxylic acids is 3. The number of amides is 2. The summed E-state index contributed by atoms with van der Waals surface area (Å²) in [6, 6.07) is 5.70. The lowest BCUT2D eigenvalue weighted by Crippen LogP contribution is -2.58. The van der Waals surface area contributed by atoms with E-state index in [0.717, 1.165) is 5.69 Å². The highest BCUT2D eigenvalue weighted by atomic mass is 16.2. The van der Waals surface area contributed by atoms with Gasteiger partial charge in [0.2, 0.25) is 11.8 Å². The second kappa shape index (κ2) is 7.45. The first-order chi connectivity index (χ1) is 13.1. The molecule has 2 aliphatic heterocycles. The van der Waals surface area contributed by atoms with Crippen molar-refractivity contribution < 1.29 is 14.4 Å². The van der Waals surface area contributed by atoms with Crippen molar-refractivity contribution in [2.24, 2.45) is 0 Å². The summed E-state index contributed by atoms with van der Waals surface area (Å²) in [6.45, 7) is 2.51. The van der Waals surface area contributed by atoms with E-state index in [-0.39, 0.29) is 17.6 Å². The summed E-state index contributed by atoms with van der Waals surface area (Å²) >= 11 is 0. The van der Waals surface area contributed by atoms with Crippen molar-refractivity contribution in [2.45, 2.75) is 70.3 Å². The van der Waals surface area contributed by atoms with Crippen LogP contribution in [-0.4, -0.2) is 41.6 Å². The van der Waals surface area contributed by atoms with Crippen molar-refractivity contribution in [3.63, 3.8) is 0 Å². The maximum atomic E-state index is 13.1. The zero-order valence-electron chi connectivity index (χ0n) is 16.1. The molecular weight excluding hydrogens is 340 g/mol. The number of ketones is 1. The van der Waals surface area contributed by atoms with E-state index in [4.69, 9.17) is 0 Å². The predicted molar refractivity (Wildman–Crippen MR) is 104 cm³/mol. The van der Waals surface area contributed by atoms with Gasteiger partial charge in [-0.3, -0.25) is 14.4 Å². The number of rotatable bonds is 1. The molecule has 1 aromatic carbocycles. The Morgan fingerprint density at radius 1 is 1.00 bits per heavy atom. The van der Waals surface area contributed by atoms with Gasteiger partial charge in [-0.05, 0) is 49.3 Å². The summed E-state index contributed by atoms with van der Waals surface area (Å²) in [5.41, 5.74) is 2.68. The Morgan fingerprint density at radius 2 is 1.78 bits per heavy atom. The van der Waals surface area contributed by atoms with E-state index < -0.39 is 6.04 Å². The Kier molecular flexibility index (Phi) is 5.02. The lowest BCUT2D eigenvalue weighted by Gasteiger charge is -2.40. The van der Waals surface area contributed by atoms with Crippen molar-refractivity contribution in [3.8, 4) is 0 Å². The van der Waals surface area contributed by atoms with Gasteiger partial charge in [-0.2, -0.15) is 0 Å². The minimum Gasteiger partial charge on any atom is -0.329 e. The van der Waals surface area contributed by atoms with Gasteiger partial charge >= 0.3 is 0 Å². The van der Waals surface area contributed by atoms with Gasteiger partial charge in [-0.1, -0.05) is 25.3 Å². The number of hydrogen-bond donors (Lipinski definition) is 0. The van der Waals surface area contributed by atoms with Gasteiger partial charge in [0.15, 0.2) is 5.78 Å². The number of carbonyl (C=O) groups is 3. The first-order valence-electron chi connectivity index (χ1n) is 10.3. The predicted octanol–water partition coefficient (Wildman–Crippen LogP) is 3.66. The molecule has 0 N–H and O–H groups in total. The molecule has 4 rings (SSSR count). The highest BCUT2D eigenvalue weighted by molar-refractivity contribution is 6.08. The molecule has 1 aliphatic carbocycles. The molecule has 27 heavy (non-hydrogen) atoms. The zero-order chi connectivity index (χ0) is 19.0. The molecule has 1 aromatic rings. The molecule has 2 amide bonds. The molecule has 2 fully saturated rings. The zero-order valence-corrected chi connectivity index (χ0v) is 16.1. The number of piperazine rings is 1. The van der Waals surface area contributed by atoms with Gasteiger partial charge in [-0.25, -0.2) is 0 Å². The minimum absolute atomic E-state index is 0.0437. The Labute approximate surface area is 160 Å². The molecule has 5 heteroatoms. The molecule has 3 aliphatic rings. The third-order valence-electron chi connectivity index (χ3n) is 6.47. The fourth-order valence-electron chi connectivity index (χ4n) is 4.98. The van der Waals surface area contributed by atoms with E-state index >= 15 is 0 Å². The summed E-state index contributed by atoms with van der Waals surface area (Å²) in [7, 11) is 0. The van der Waals surface area contributed by atoms with E-state index in [0.29, 0.717) is 43.8 Å². The largest absolute Gasteiger partial charge is 0.329 e. The third-order valence-corrected chi connectivity index (χ3v) is 6.47. The Morgan fingerprint density at radius 3 is 2.52 bits per heavy atom. The Balaban J connectivity index is 1.71. The number of nitrogens with zero attached hydrogens (tertiary/aromatic N) is 2. The fourth-order valence-corrected chi connectivity index (χ4v) is 4.98. The quantitative estimate of drug-likeness (QED) is 0.760. The average Bonchev–Trinajstić information content (AvgIpc) is 2.71. The maximum Gasteiger partial charge on any atom is 0.249 e. The normalized spacial score (nSPS) is 24.1. The molecule has 1 atom stereocenters. The van der Waals surface area contributed by atoms with Crippen LogP contribution in [-0.2, 0) is 9.59 Å². The molecule has 0 spiro atoms. The highest BCUT2D eigenvalue weighted by Gasteiger charge is 2.38. The van der Waals surface area contributed by atoms with Gasteiger partial charge in [0, 0.05) is 32.0 Å². The van der Waals surface area contributed by atoms with Crippen LogP contribution >= 0.6 is 0 Å². The molecule has 0 radical (unpaired) electrons. The van der Waals surface area contributed by atoms with Crippen LogP contribution in [0, 0.1) is 0 Å². The number of hydrogen-bond acceptors (Lipinski definition) is 3. The van der Waals surface area contributed by atoms with Crippen molar-refractivity contribution in [1.29, 1.82) is 0 Å². The minimum atomic E-state index is -0.437. The molecule has 1 saturated heterocycles. The fraction of sp³-hybridized carbons (Fsp3) is 0.591. The van der Waals surface area contributed by atoms with E-state index in [1.807, 2.05) is 6.07 Å². The third kappa shape index (κ3) is 3.40. The van der Waals surface area contributed by atoms with Crippen LogP contribution in [0.15, 0.2) is 18.2 Å². The van der Waals surface area contributed by atoms with Crippen LogP contribution in [0.1, 0.15) is 80.1 Å². The number of anilines is 1. The van der Waals surface area contributed by atoms with Crippen LogP contribution in [0.5, 0.6) is 0 Å². The molecule has 0 unspecified atom stereocenters. The lowest BCUT2D eigenvalue weighted by atomic mass is 9.83. The Hall–Kier alpha value is -2.17. The van der Waals surface area contributed by atoms with Gasteiger partial charge < -0.3 is 9.80 Å². The van der Waals surface area contributed by atoms with Gasteiger partial charge in [0.1, 0.15) is 6.04 Å². The smallest absolute Gasteiger partial charge is 0.249 e. The summed E-state index contributed by atoms with van der Waals surface area (Å²) < 4.78 is 0. The molecule has 5 nitrogen and oxygen atoms in total. The van der Waals surface area contributed by atoms with Crippen molar-refractivity contribution in [2.75, 3.05) is 18.0 Å². The summed E-state index contributed by atoms with van der Waals surface area (Å²) in [5.74, 6) is 0.545. The van der Waals surface area contributed by atoms with Gasteiger partial charge in [0.05, 0.1) is 5.69 Å². The van der Waals surface area contributed by atoms with Crippen LogP contribution < -0.4 is 4.90 Å². The second-order valence-corrected chi connectivity index (χ2v) is 8.15. The van der Waals surface area contributed by atoms with Crippen LogP contribution in [0.2, 0.25) is 0 Å². The van der Waals surface area contributed by atoms with E-state index in [9.17, 15) is 14.4 Å². The number of fused-ring (bicyclic) bond motifs is 4. The number of benzene rings is 1. The summed E-state index contributed by atoms with van der Waals surface area (Å²) in [6.07, 6.45) is 7.81. The van der Waals surface area contributed by atoms with Crippen LogP contribution in [0.3, 0.4) is 0 Å². The summed E-state index contributed by atoms with van der Waals surface area (Å²) in [5, 5.41) is 0. The molecular formula is C22H28N2O3.